The van der Waals surface area contributed by atoms with E-state index in [1.54, 1.807) is 12.1 Å². The standard InChI is InChI=1S/C14H18BrNO4/c1-9(2)8-16-14(18)10(3)19-13(17)7-5-11-4-6-12(15)20-11/h4-7,9-10H,8H2,1-3H3,(H,16,18)/b7-5+. The van der Waals surface area contributed by atoms with Gasteiger partial charge in [0.1, 0.15) is 5.76 Å². The van der Waals surface area contributed by atoms with Gasteiger partial charge in [-0.1, -0.05) is 13.8 Å². The number of rotatable bonds is 6. The SMILES string of the molecule is CC(C)CNC(=O)C(C)OC(=O)/C=C/c1ccc(Br)o1. The molecule has 1 aromatic heterocycles. The molecular weight excluding hydrogens is 326 g/mol. The van der Waals surface area contributed by atoms with E-state index in [9.17, 15) is 9.59 Å². The fraction of sp³-hybridized carbons (Fsp3) is 0.429. The van der Waals surface area contributed by atoms with E-state index in [2.05, 4.69) is 21.2 Å². The molecule has 1 aromatic rings. The number of hydrogen-bond acceptors (Lipinski definition) is 4. The van der Waals surface area contributed by atoms with Crippen LogP contribution in [0.25, 0.3) is 6.08 Å². The van der Waals surface area contributed by atoms with Gasteiger partial charge in [-0.25, -0.2) is 4.79 Å². The van der Waals surface area contributed by atoms with Crippen LogP contribution in [0, 0.1) is 5.92 Å². The van der Waals surface area contributed by atoms with Crippen molar-refractivity contribution in [2.45, 2.75) is 26.9 Å². The summed E-state index contributed by atoms with van der Waals surface area (Å²) in [6.45, 7) is 6.06. The largest absolute Gasteiger partial charge is 0.450 e. The molecule has 0 bridgehead atoms. The third-order valence-corrected chi connectivity index (χ3v) is 2.75. The second kappa shape index (κ2) is 7.89. The highest BCUT2D eigenvalue weighted by molar-refractivity contribution is 9.10. The Balaban J connectivity index is 2.41. The van der Waals surface area contributed by atoms with Gasteiger partial charge >= 0.3 is 5.97 Å². The Labute approximate surface area is 126 Å². The van der Waals surface area contributed by atoms with Gasteiger partial charge in [-0.05, 0) is 47.0 Å². The highest BCUT2D eigenvalue weighted by atomic mass is 79.9. The topological polar surface area (TPSA) is 68.5 Å². The van der Waals surface area contributed by atoms with Crippen LogP contribution in [0.2, 0.25) is 0 Å². The van der Waals surface area contributed by atoms with Crippen LogP contribution >= 0.6 is 15.9 Å². The molecule has 1 heterocycles. The van der Waals surface area contributed by atoms with E-state index in [1.165, 1.54) is 19.1 Å². The van der Waals surface area contributed by atoms with Crippen LogP contribution < -0.4 is 5.32 Å². The lowest BCUT2D eigenvalue weighted by atomic mass is 10.2. The quantitative estimate of drug-likeness (QED) is 0.636. The van der Waals surface area contributed by atoms with Crippen LogP contribution in [0.5, 0.6) is 0 Å². The second-order valence-electron chi connectivity index (χ2n) is 4.69. The van der Waals surface area contributed by atoms with Crippen molar-refractivity contribution in [1.29, 1.82) is 0 Å². The molecule has 0 radical (unpaired) electrons. The Morgan fingerprint density at radius 1 is 1.40 bits per heavy atom. The molecule has 6 heteroatoms. The molecule has 0 saturated carbocycles. The fourth-order valence-electron chi connectivity index (χ4n) is 1.28. The number of esters is 1. The van der Waals surface area contributed by atoms with Crippen LogP contribution in [0.4, 0.5) is 0 Å². The number of nitrogens with one attached hydrogen (secondary N) is 1. The van der Waals surface area contributed by atoms with Gasteiger partial charge in [0.2, 0.25) is 0 Å². The number of amides is 1. The Morgan fingerprint density at radius 2 is 2.10 bits per heavy atom. The molecule has 1 atom stereocenters. The average molecular weight is 344 g/mol. The molecule has 0 fully saturated rings. The highest BCUT2D eigenvalue weighted by Gasteiger charge is 2.16. The summed E-state index contributed by atoms with van der Waals surface area (Å²) in [5.41, 5.74) is 0. The van der Waals surface area contributed by atoms with Crippen molar-refractivity contribution in [2.24, 2.45) is 5.92 Å². The first-order valence-electron chi connectivity index (χ1n) is 6.30. The lowest BCUT2D eigenvalue weighted by molar-refractivity contribution is -0.150. The second-order valence-corrected chi connectivity index (χ2v) is 5.47. The zero-order valence-electron chi connectivity index (χ0n) is 11.7. The van der Waals surface area contributed by atoms with Gasteiger partial charge in [0, 0.05) is 12.6 Å². The third-order valence-electron chi connectivity index (χ3n) is 2.32. The predicted molar refractivity (Wildman–Crippen MR) is 78.8 cm³/mol. The molecule has 0 aromatic carbocycles. The summed E-state index contributed by atoms with van der Waals surface area (Å²) in [5.74, 6) is -0.0317. The van der Waals surface area contributed by atoms with Gasteiger partial charge in [-0.15, -0.1) is 0 Å². The minimum absolute atomic E-state index is 0.304. The first-order valence-corrected chi connectivity index (χ1v) is 7.09. The molecule has 0 aliphatic heterocycles. The zero-order valence-corrected chi connectivity index (χ0v) is 13.3. The minimum Gasteiger partial charge on any atom is -0.450 e. The maximum atomic E-state index is 11.6. The van der Waals surface area contributed by atoms with Crippen molar-refractivity contribution in [1.82, 2.24) is 5.32 Å². The van der Waals surface area contributed by atoms with Crippen molar-refractivity contribution in [3.63, 3.8) is 0 Å². The minimum atomic E-state index is -0.825. The van der Waals surface area contributed by atoms with E-state index in [4.69, 9.17) is 9.15 Å². The van der Waals surface area contributed by atoms with E-state index >= 15 is 0 Å². The number of halogens is 1. The van der Waals surface area contributed by atoms with E-state index in [0.29, 0.717) is 22.9 Å². The van der Waals surface area contributed by atoms with Crippen molar-refractivity contribution < 1.29 is 18.7 Å². The average Bonchev–Trinajstić information content (AvgIpc) is 2.79. The number of carbonyl (C=O) groups is 2. The van der Waals surface area contributed by atoms with Gasteiger partial charge in [-0.2, -0.15) is 0 Å². The molecular formula is C14H18BrNO4. The van der Waals surface area contributed by atoms with Gasteiger partial charge in [0.25, 0.3) is 5.91 Å². The van der Waals surface area contributed by atoms with Crippen LogP contribution in [-0.2, 0) is 14.3 Å². The molecule has 0 aliphatic carbocycles. The molecule has 20 heavy (non-hydrogen) atoms. The first-order chi connectivity index (χ1) is 9.38. The van der Waals surface area contributed by atoms with E-state index in [1.807, 2.05) is 13.8 Å². The van der Waals surface area contributed by atoms with Crippen molar-refractivity contribution in [3.05, 3.63) is 28.6 Å². The maximum absolute atomic E-state index is 11.6. The number of hydrogen-bond donors (Lipinski definition) is 1. The van der Waals surface area contributed by atoms with E-state index in [-0.39, 0.29) is 5.91 Å². The number of carbonyl (C=O) groups excluding carboxylic acids is 2. The van der Waals surface area contributed by atoms with Crippen molar-refractivity contribution in [2.75, 3.05) is 6.54 Å². The summed E-state index contributed by atoms with van der Waals surface area (Å²) < 4.78 is 10.8. The Bertz CT molecular complexity index is 493. The molecule has 1 N–H and O–H groups in total. The van der Waals surface area contributed by atoms with Gasteiger partial charge in [0.15, 0.2) is 10.8 Å². The normalized spacial score (nSPS) is 12.7. The lowest BCUT2D eigenvalue weighted by Gasteiger charge is -2.13. The lowest BCUT2D eigenvalue weighted by Crippen LogP contribution is -2.37. The van der Waals surface area contributed by atoms with Crippen LogP contribution in [0.1, 0.15) is 26.5 Å². The van der Waals surface area contributed by atoms with Crippen LogP contribution in [-0.4, -0.2) is 24.5 Å². The summed E-state index contributed by atoms with van der Waals surface area (Å²) in [5, 5.41) is 2.70. The van der Waals surface area contributed by atoms with Gasteiger partial charge in [-0.3, -0.25) is 4.79 Å². The summed E-state index contributed by atoms with van der Waals surface area (Å²) in [7, 11) is 0. The Hall–Kier alpha value is -1.56. The summed E-state index contributed by atoms with van der Waals surface area (Å²) in [6.07, 6.45) is 1.87. The van der Waals surface area contributed by atoms with Gasteiger partial charge in [0.05, 0.1) is 0 Å². The van der Waals surface area contributed by atoms with Gasteiger partial charge < -0.3 is 14.5 Å². The van der Waals surface area contributed by atoms with Crippen molar-refractivity contribution >= 4 is 33.9 Å². The van der Waals surface area contributed by atoms with Crippen LogP contribution in [0.3, 0.4) is 0 Å². The highest BCUT2D eigenvalue weighted by Crippen LogP contribution is 2.15. The fourth-order valence-corrected chi connectivity index (χ4v) is 1.60. The van der Waals surface area contributed by atoms with E-state index < -0.39 is 12.1 Å². The number of furan rings is 1. The molecule has 0 spiro atoms. The Morgan fingerprint density at radius 3 is 2.65 bits per heavy atom. The zero-order chi connectivity index (χ0) is 15.1. The molecule has 110 valence electrons. The molecule has 1 amide bonds. The van der Waals surface area contributed by atoms with E-state index in [0.717, 1.165) is 0 Å². The molecule has 1 rings (SSSR count). The smallest absolute Gasteiger partial charge is 0.331 e. The summed E-state index contributed by atoms with van der Waals surface area (Å²) >= 11 is 3.16. The Kier molecular flexibility index (Phi) is 6.51. The maximum Gasteiger partial charge on any atom is 0.331 e. The monoisotopic (exact) mass is 343 g/mol. The van der Waals surface area contributed by atoms with Crippen molar-refractivity contribution in [3.8, 4) is 0 Å². The summed E-state index contributed by atoms with van der Waals surface area (Å²) in [4.78, 5) is 23.2. The molecule has 1 unspecified atom stereocenters. The first kappa shape index (κ1) is 16.5. The summed E-state index contributed by atoms with van der Waals surface area (Å²) in [6, 6.07) is 3.42. The predicted octanol–water partition coefficient (Wildman–Crippen LogP) is 2.76. The molecule has 5 nitrogen and oxygen atoms in total. The molecule has 0 saturated heterocycles. The third kappa shape index (κ3) is 6.06. The van der Waals surface area contributed by atoms with Crippen LogP contribution in [0.15, 0.2) is 27.3 Å². The number of ether oxygens (including phenoxy) is 1. The molecule has 0 aliphatic rings.